The molecule has 8 heteroatoms. The zero-order chi connectivity index (χ0) is 32.4. The Kier molecular flexibility index (Phi) is 7.57. The van der Waals surface area contributed by atoms with Crippen molar-refractivity contribution in [2.45, 2.75) is 143 Å². The zero-order valence-electron chi connectivity index (χ0n) is 29.7. The Morgan fingerprint density at radius 2 is 1.76 bits per heavy atom. The van der Waals surface area contributed by atoms with Crippen molar-refractivity contribution < 1.29 is 28.8 Å². The SMILES string of the molecule is CC(C)[C@@H](OC(=O)N1CCC1)C1C[C@@H](C)[C@H]2C(O1)[C@H](O)[C@@]1(C)C3CC[C@H]4C(C)(C)[C@@H](O[C@H]5CNCCO5)CC[C@@]45CC35CC[C@]21C. The van der Waals surface area contributed by atoms with Crippen molar-refractivity contribution >= 4 is 6.09 Å². The monoisotopic (exact) mass is 642 g/mol. The van der Waals surface area contributed by atoms with Crippen LogP contribution in [0, 0.1) is 56.7 Å². The molecular formula is C38H62N2O6. The van der Waals surface area contributed by atoms with Crippen molar-refractivity contribution in [3.05, 3.63) is 0 Å². The quantitative estimate of drug-likeness (QED) is 0.381. The van der Waals surface area contributed by atoms with E-state index in [0.717, 1.165) is 52.0 Å². The number of hydrogen-bond acceptors (Lipinski definition) is 7. The van der Waals surface area contributed by atoms with Gasteiger partial charge >= 0.3 is 6.09 Å². The highest BCUT2D eigenvalue weighted by molar-refractivity contribution is 5.68. The second-order valence-corrected chi connectivity index (χ2v) is 18.6. The molecule has 8 aliphatic rings. The first kappa shape index (κ1) is 32.3. The molecule has 0 bridgehead atoms. The molecule has 8 fully saturated rings. The number of nitrogens with one attached hydrogen (secondary N) is 1. The number of carbonyl (C=O) groups excluding carboxylic acids is 1. The standard InChI is InChI=1S/C38H62N2O6/c1-22(2)30(46-33(42)40-16-8-17-40)24-19-23(3)29-31(44-24)32(41)36(7)26-10-9-25-34(4,5)27(45-28-20-39-15-18-43-28)11-12-37(25)21-38(26,37)14-13-35(29,36)6/h22-32,39,41H,8-21H2,1-7H3/t23-,24?,25+,26?,27+,28+,29+,30-,31?,32+,35-,36-,37-,38?/m1/s1. The predicted molar refractivity (Wildman–Crippen MR) is 175 cm³/mol. The van der Waals surface area contributed by atoms with Crippen molar-refractivity contribution in [2.75, 3.05) is 32.8 Å². The van der Waals surface area contributed by atoms with Gasteiger partial charge in [-0.2, -0.15) is 0 Å². The van der Waals surface area contributed by atoms with Crippen molar-refractivity contribution in [1.29, 1.82) is 0 Å². The van der Waals surface area contributed by atoms with E-state index in [1.807, 2.05) is 0 Å². The fourth-order valence-corrected chi connectivity index (χ4v) is 13.9. The van der Waals surface area contributed by atoms with Crippen LogP contribution in [0.15, 0.2) is 0 Å². The van der Waals surface area contributed by atoms with Gasteiger partial charge in [0.05, 0.1) is 31.0 Å². The first-order valence-corrected chi connectivity index (χ1v) is 19.1. The highest BCUT2D eigenvalue weighted by atomic mass is 16.7. The van der Waals surface area contributed by atoms with Crippen LogP contribution in [0.2, 0.25) is 0 Å². The van der Waals surface area contributed by atoms with E-state index in [9.17, 15) is 9.90 Å². The molecule has 46 heavy (non-hydrogen) atoms. The van der Waals surface area contributed by atoms with Gasteiger partial charge in [0, 0.05) is 31.6 Å². The summed E-state index contributed by atoms with van der Waals surface area (Å²) in [5, 5.41) is 16.1. The van der Waals surface area contributed by atoms with Crippen LogP contribution in [-0.4, -0.2) is 85.7 Å². The normalized spacial score (nSPS) is 52.7. The van der Waals surface area contributed by atoms with Gasteiger partial charge in [0.1, 0.15) is 6.10 Å². The van der Waals surface area contributed by atoms with E-state index in [2.05, 4.69) is 53.8 Å². The number of morpholine rings is 1. The maximum Gasteiger partial charge on any atom is 0.410 e. The van der Waals surface area contributed by atoms with E-state index in [1.54, 1.807) is 4.90 Å². The summed E-state index contributed by atoms with van der Waals surface area (Å²) in [6, 6.07) is 0. The lowest BCUT2D eigenvalue weighted by Gasteiger charge is -2.63. The minimum absolute atomic E-state index is 0.0246. The zero-order valence-corrected chi connectivity index (χ0v) is 29.7. The van der Waals surface area contributed by atoms with Crippen LogP contribution >= 0.6 is 0 Å². The van der Waals surface area contributed by atoms with Gasteiger partial charge in [-0.05, 0) is 109 Å². The molecular weight excluding hydrogens is 580 g/mol. The molecule has 1 amide bonds. The van der Waals surface area contributed by atoms with Crippen LogP contribution in [0.3, 0.4) is 0 Å². The van der Waals surface area contributed by atoms with Gasteiger partial charge in [-0.3, -0.25) is 0 Å². The number of aliphatic hydroxyl groups excluding tert-OH is 1. The molecule has 3 saturated heterocycles. The van der Waals surface area contributed by atoms with Gasteiger partial charge in [-0.25, -0.2) is 4.79 Å². The van der Waals surface area contributed by atoms with Gasteiger partial charge in [0.15, 0.2) is 6.29 Å². The van der Waals surface area contributed by atoms with Crippen LogP contribution in [0.4, 0.5) is 4.79 Å². The number of nitrogens with zero attached hydrogens (tertiary/aromatic N) is 1. The third kappa shape index (κ3) is 4.18. The molecule has 8 rings (SSSR count). The molecule has 0 aromatic heterocycles. The smallest absolute Gasteiger partial charge is 0.410 e. The van der Waals surface area contributed by atoms with Gasteiger partial charge < -0.3 is 34.3 Å². The van der Waals surface area contributed by atoms with Crippen LogP contribution in [0.25, 0.3) is 0 Å². The lowest BCUT2D eigenvalue weighted by Crippen LogP contribution is -2.60. The Balaban J connectivity index is 1.04. The Morgan fingerprint density at radius 3 is 2.43 bits per heavy atom. The topological polar surface area (TPSA) is 89.5 Å². The number of hydrogen-bond donors (Lipinski definition) is 2. The first-order chi connectivity index (χ1) is 21.8. The van der Waals surface area contributed by atoms with Gasteiger partial charge in [-0.15, -0.1) is 0 Å². The predicted octanol–water partition coefficient (Wildman–Crippen LogP) is 6.00. The average molecular weight is 643 g/mol. The summed E-state index contributed by atoms with van der Waals surface area (Å²) in [4.78, 5) is 14.7. The summed E-state index contributed by atoms with van der Waals surface area (Å²) in [6.07, 6.45) is 9.16. The third-order valence-corrected chi connectivity index (χ3v) is 16.3. The fourth-order valence-electron chi connectivity index (χ4n) is 13.9. The molecule has 14 atom stereocenters. The highest BCUT2D eigenvalue weighted by Gasteiger charge is 2.84. The fraction of sp³-hybridized carbons (Fsp3) is 0.974. The average Bonchev–Trinajstić information content (AvgIpc) is 3.61. The molecule has 0 aromatic carbocycles. The molecule has 4 unspecified atom stereocenters. The highest BCUT2D eigenvalue weighted by Crippen LogP contribution is 2.89. The molecule has 2 spiro atoms. The number of rotatable bonds is 5. The summed E-state index contributed by atoms with van der Waals surface area (Å²) in [5.74, 6) is 2.02. The summed E-state index contributed by atoms with van der Waals surface area (Å²) >= 11 is 0. The van der Waals surface area contributed by atoms with E-state index in [4.69, 9.17) is 18.9 Å². The Morgan fingerprint density at radius 1 is 1.02 bits per heavy atom. The minimum Gasteiger partial charge on any atom is -0.443 e. The number of amides is 1. The first-order valence-electron chi connectivity index (χ1n) is 19.1. The Hall–Kier alpha value is -0.930. The van der Waals surface area contributed by atoms with Crippen LogP contribution in [0.1, 0.15) is 106 Å². The third-order valence-electron chi connectivity index (χ3n) is 16.3. The van der Waals surface area contributed by atoms with Gasteiger partial charge in [-0.1, -0.05) is 48.5 Å². The second-order valence-electron chi connectivity index (χ2n) is 18.6. The Bertz CT molecular complexity index is 1200. The van der Waals surface area contributed by atoms with Crippen LogP contribution in [0.5, 0.6) is 0 Å². The van der Waals surface area contributed by atoms with E-state index in [0.29, 0.717) is 34.5 Å². The maximum atomic E-state index is 12.9. The number of aliphatic hydroxyl groups is 1. The molecule has 5 aliphatic carbocycles. The lowest BCUT2D eigenvalue weighted by molar-refractivity contribution is -0.237. The van der Waals surface area contributed by atoms with Crippen LogP contribution in [-0.2, 0) is 18.9 Å². The van der Waals surface area contributed by atoms with Crippen molar-refractivity contribution in [2.24, 2.45) is 56.7 Å². The van der Waals surface area contributed by atoms with E-state index >= 15 is 0 Å². The lowest BCUT2D eigenvalue weighted by atomic mass is 9.41. The summed E-state index contributed by atoms with van der Waals surface area (Å²) in [6.45, 7) is 20.6. The molecule has 3 aliphatic heterocycles. The van der Waals surface area contributed by atoms with Crippen molar-refractivity contribution in [3.8, 4) is 0 Å². The number of fused-ring (bicyclic) bond motifs is 4. The molecule has 3 heterocycles. The molecule has 0 aromatic rings. The van der Waals surface area contributed by atoms with E-state index in [-0.39, 0.29) is 59.0 Å². The van der Waals surface area contributed by atoms with Crippen molar-refractivity contribution in [1.82, 2.24) is 10.2 Å². The molecule has 8 nitrogen and oxygen atoms in total. The van der Waals surface area contributed by atoms with Crippen LogP contribution < -0.4 is 5.32 Å². The number of likely N-dealkylation sites (tertiary alicyclic amines) is 1. The second kappa shape index (κ2) is 10.8. The summed E-state index contributed by atoms with van der Waals surface area (Å²) in [5.41, 5.74) is 0.614. The molecule has 0 radical (unpaired) electrons. The number of carbonyl (C=O) groups is 1. The van der Waals surface area contributed by atoms with E-state index in [1.165, 1.54) is 38.5 Å². The number of ether oxygens (including phenoxy) is 4. The van der Waals surface area contributed by atoms with E-state index < -0.39 is 6.10 Å². The van der Waals surface area contributed by atoms with Gasteiger partial charge in [0.2, 0.25) is 0 Å². The minimum atomic E-state index is -0.508. The van der Waals surface area contributed by atoms with Gasteiger partial charge in [0.25, 0.3) is 0 Å². The summed E-state index contributed by atoms with van der Waals surface area (Å²) < 4.78 is 25.9. The maximum absolute atomic E-state index is 12.9. The summed E-state index contributed by atoms with van der Waals surface area (Å²) in [7, 11) is 0. The molecule has 2 N–H and O–H groups in total. The molecule has 260 valence electrons. The largest absolute Gasteiger partial charge is 0.443 e. The Labute approximate surface area is 277 Å². The van der Waals surface area contributed by atoms with Crippen molar-refractivity contribution in [3.63, 3.8) is 0 Å². The molecule has 5 saturated carbocycles.